The minimum Gasteiger partial charge on any atom is -0.349 e. The fourth-order valence-electron chi connectivity index (χ4n) is 3.00. The third-order valence-electron chi connectivity index (χ3n) is 4.84. The van der Waals surface area contributed by atoms with E-state index in [1.54, 1.807) is 24.3 Å². The molecule has 1 heterocycles. The molecule has 0 saturated carbocycles. The van der Waals surface area contributed by atoms with Crippen LogP contribution in [0.15, 0.2) is 29.2 Å². The van der Waals surface area contributed by atoms with Crippen LogP contribution in [-0.4, -0.2) is 26.6 Å². The number of fused-ring (bicyclic) bond motifs is 1. The maximum absolute atomic E-state index is 12.7. The van der Waals surface area contributed by atoms with E-state index in [1.165, 1.54) is 0 Å². The van der Waals surface area contributed by atoms with E-state index in [-0.39, 0.29) is 17.7 Å². The standard InChI is InChI=1S/C16H24N2O3S/c1-3-16(4-2,11-17)15(19)18-13-9-10-22(20,21)14-8-6-5-7-12(13)14/h5-8,13H,3-4,9-11,17H2,1-2H3,(H,18,19). The largest absolute Gasteiger partial charge is 0.349 e. The smallest absolute Gasteiger partial charge is 0.227 e. The van der Waals surface area contributed by atoms with Gasteiger partial charge in [0.05, 0.1) is 22.1 Å². The summed E-state index contributed by atoms with van der Waals surface area (Å²) in [4.78, 5) is 13.0. The molecular weight excluding hydrogens is 300 g/mol. The van der Waals surface area contributed by atoms with Crippen molar-refractivity contribution in [2.75, 3.05) is 12.3 Å². The molecule has 0 spiro atoms. The minimum absolute atomic E-state index is 0.0584. The van der Waals surface area contributed by atoms with Gasteiger partial charge in [-0.3, -0.25) is 4.79 Å². The summed E-state index contributed by atoms with van der Waals surface area (Å²) in [5, 5.41) is 3.02. The van der Waals surface area contributed by atoms with Crippen LogP contribution in [-0.2, 0) is 14.6 Å². The highest BCUT2D eigenvalue weighted by molar-refractivity contribution is 7.91. The van der Waals surface area contributed by atoms with Crippen molar-refractivity contribution in [3.63, 3.8) is 0 Å². The average Bonchev–Trinajstić information content (AvgIpc) is 2.53. The van der Waals surface area contributed by atoms with Crippen LogP contribution in [0.5, 0.6) is 0 Å². The average molecular weight is 324 g/mol. The van der Waals surface area contributed by atoms with Gasteiger partial charge in [0.1, 0.15) is 0 Å². The predicted octanol–water partition coefficient (Wildman–Crippen LogP) is 1.79. The highest BCUT2D eigenvalue weighted by Crippen LogP contribution is 2.33. The van der Waals surface area contributed by atoms with E-state index in [1.807, 2.05) is 13.8 Å². The second-order valence-corrected chi connectivity index (χ2v) is 7.94. The van der Waals surface area contributed by atoms with Gasteiger partial charge in [-0.1, -0.05) is 32.0 Å². The van der Waals surface area contributed by atoms with Gasteiger partial charge >= 0.3 is 0 Å². The van der Waals surface area contributed by atoms with Crippen molar-refractivity contribution in [3.05, 3.63) is 29.8 Å². The van der Waals surface area contributed by atoms with Gasteiger partial charge in [0, 0.05) is 6.54 Å². The topological polar surface area (TPSA) is 89.3 Å². The Morgan fingerprint density at radius 2 is 1.95 bits per heavy atom. The Balaban J connectivity index is 2.30. The molecule has 3 N–H and O–H groups in total. The van der Waals surface area contributed by atoms with Gasteiger partial charge in [0.25, 0.3) is 0 Å². The first-order valence-corrected chi connectivity index (χ1v) is 9.38. The molecule has 0 saturated heterocycles. The second-order valence-electron chi connectivity index (χ2n) is 5.86. The van der Waals surface area contributed by atoms with Gasteiger partial charge in [0.2, 0.25) is 5.91 Å². The maximum atomic E-state index is 12.7. The molecule has 0 fully saturated rings. The molecule has 6 heteroatoms. The Hall–Kier alpha value is -1.40. The van der Waals surface area contributed by atoms with E-state index in [0.29, 0.717) is 36.3 Å². The zero-order valence-corrected chi connectivity index (χ0v) is 13.9. The van der Waals surface area contributed by atoms with Crippen LogP contribution in [0, 0.1) is 5.41 Å². The quantitative estimate of drug-likeness (QED) is 0.864. The van der Waals surface area contributed by atoms with Gasteiger partial charge in [0.15, 0.2) is 9.84 Å². The Morgan fingerprint density at radius 1 is 1.32 bits per heavy atom. The molecule has 0 aliphatic carbocycles. The third kappa shape index (κ3) is 2.90. The fraction of sp³-hybridized carbons (Fsp3) is 0.562. The number of benzene rings is 1. The Kier molecular flexibility index (Phi) is 4.92. The van der Waals surface area contributed by atoms with Crippen LogP contribution in [0.25, 0.3) is 0 Å². The first-order chi connectivity index (χ1) is 10.4. The van der Waals surface area contributed by atoms with Gasteiger partial charge < -0.3 is 11.1 Å². The molecule has 5 nitrogen and oxygen atoms in total. The minimum atomic E-state index is -3.24. The number of carbonyl (C=O) groups excluding carboxylic acids is 1. The van der Waals surface area contributed by atoms with Crippen molar-refractivity contribution in [2.24, 2.45) is 11.1 Å². The Morgan fingerprint density at radius 3 is 2.55 bits per heavy atom. The number of sulfone groups is 1. The molecular formula is C16H24N2O3S. The molecule has 1 amide bonds. The second kappa shape index (κ2) is 6.38. The van der Waals surface area contributed by atoms with Crippen molar-refractivity contribution in [3.8, 4) is 0 Å². The highest BCUT2D eigenvalue weighted by atomic mass is 32.2. The van der Waals surface area contributed by atoms with E-state index in [9.17, 15) is 13.2 Å². The zero-order chi connectivity index (χ0) is 16.4. The lowest BCUT2D eigenvalue weighted by Crippen LogP contribution is -2.47. The lowest BCUT2D eigenvalue weighted by Gasteiger charge is -2.33. The summed E-state index contributed by atoms with van der Waals surface area (Å²) in [6.45, 7) is 4.20. The highest BCUT2D eigenvalue weighted by Gasteiger charge is 2.37. The molecule has 1 aromatic carbocycles. The van der Waals surface area contributed by atoms with Gasteiger partial charge in [-0.05, 0) is 30.9 Å². The van der Waals surface area contributed by atoms with E-state index in [0.717, 1.165) is 0 Å². The summed E-state index contributed by atoms with van der Waals surface area (Å²) in [5.41, 5.74) is 5.92. The van der Waals surface area contributed by atoms with Gasteiger partial charge in [-0.25, -0.2) is 8.42 Å². The van der Waals surface area contributed by atoms with E-state index in [2.05, 4.69) is 5.32 Å². The lowest BCUT2D eigenvalue weighted by atomic mass is 9.81. The number of nitrogens with two attached hydrogens (primary N) is 1. The zero-order valence-electron chi connectivity index (χ0n) is 13.1. The molecule has 2 rings (SSSR count). The van der Waals surface area contributed by atoms with Gasteiger partial charge in [-0.2, -0.15) is 0 Å². The molecule has 22 heavy (non-hydrogen) atoms. The molecule has 0 radical (unpaired) electrons. The number of rotatable bonds is 5. The van der Waals surface area contributed by atoms with Crippen LogP contribution in [0.1, 0.15) is 44.7 Å². The van der Waals surface area contributed by atoms with Crippen molar-refractivity contribution in [1.82, 2.24) is 5.32 Å². The van der Waals surface area contributed by atoms with E-state index >= 15 is 0 Å². The van der Waals surface area contributed by atoms with E-state index in [4.69, 9.17) is 5.73 Å². The first kappa shape index (κ1) is 17.0. The van der Waals surface area contributed by atoms with Crippen LogP contribution >= 0.6 is 0 Å². The SMILES string of the molecule is CCC(CC)(CN)C(=O)NC1CCS(=O)(=O)c2ccccc21. The summed E-state index contributed by atoms with van der Waals surface area (Å²) in [7, 11) is -3.24. The van der Waals surface area contributed by atoms with Crippen molar-refractivity contribution in [2.45, 2.75) is 44.0 Å². The molecule has 1 unspecified atom stereocenters. The normalized spacial score (nSPS) is 20.2. The van der Waals surface area contributed by atoms with Crippen LogP contribution < -0.4 is 11.1 Å². The molecule has 0 bridgehead atoms. The fourth-order valence-corrected chi connectivity index (χ4v) is 4.63. The molecule has 1 aliphatic rings. The Labute approximate surface area is 132 Å². The summed E-state index contributed by atoms with van der Waals surface area (Å²) in [6, 6.07) is 6.63. The van der Waals surface area contributed by atoms with Crippen molar-refractivity contribution < 1.29 is 13.2 Å². The lowest BCUT2D eigenvalue weighted by molar-refractivity contribution is -0.131. The number of hydrogen-bond donors (Lipinski definition) is 2. The molecule has 1 atom stereocenters. The third-order valence-corrected chi connectivity index (χ3v) is 6.65. The summed E-state index contributed by atoms with van der Waals surface area (Å²) in [5.74, 6) is -0.0258. The number of carbonyl (C=O) groups is 1. The van der Waals surface area contributed by atoms with Crippen LogP contribution in [0.2, 0.25) is 0 Å². The van der Waals surface area contributed by atoms with Crippen molar-refractivity contribution in [1.29, 1.82) is 0 Å². The maximum Gasteiger partial charge on any atom is 0.227 e. The Bertz CT molecular complexity index is 643. The number of amides is 1. The first-order valence-electron chi connectivity index (χ1n) is 7.73. The van der Waals surface area contributed by atoms with Crippen LogP contribution in [0.3, 0.4) is 0 Å². The summed E-state index contributed by atoms with van der Waals surface area (Å²) < 4.78 is 24.3. The number of nitrogens with one attached hydrogen (secondary N) is 1. The summed E-state index contributed by atoms with van der Waals surface area (Å²) in [6.07, 6.45) is 1.73. The van der Waals surface area contributed by atoms with Gasteiger partial charge in [-0.15, -0.1) is 0 Å². The summed E-state index contributed by atoms with van der Waals surface area (Å²) >= 11 is 0. The van der Waals surface area contributed by atoms with Crippen molar-refractivity contribution >= 4 is 15.7 Å². The molecule has 0 aromatic heterocycles. The molecule has 122 valence electrons. The van der Waals surface area contributed by atoms with E-state index < -0.39 is 15.3 Å². The van der Waals surface area contributed by atoms with Crippen LogP contribution in [0.4, 0.5) is 0 Å². The molecule has 1 aromatic rings. The molecule has 1 aliphatic heterocycles. The monoisotopic (exact) mass is 324 g/mol. The predicted molar refractivity (Wildman–Crippen MR) is 86.1 cm³/mol. The number of hydrogen-bond acceptors (Lipinski definition) is 4.